The summed E-state index contributed by atoms with van der Waals surface area (Å²) in [6.45, 7) is 2.20. The quantitative estimate of drug-likeness (QED) is 0.530. The Kier molecular flexibility index (Phi) is 4.30. The molecule has 1 aliphatic rings. The molecule has 7 heteroatoms. The molecule has 21 heavy (non-hydrogen) atoms. The molecule has 0 unspecified atom stereocenters. The third-order valence-electron chi connectivity index (χ3n) is 3.50. The summed E-state index contributed by atoms with van der Waals surface area (Å²) in [6, 6.07) is 0. The average Bonchev–Trinajstić information content (AvgIpc) is 2.84. The molecule has 2 aromatic rings. The van der Waals surface area contributed by atoms with Crippen molar-refractivity contribution in [1.82, 2.24) is 4.98 Å². The largest absolute Gasteiger partial charge is 0.465 e. The van der Waals surface area contributed by atoms with E-state index in [9.17, 15) is 4.79 Å². The van der Waals surface area contributed by atoms with Crippen LogP contribution in [0, 0.1) is 0 Å². The number of aromatic amines is 1. The number of thiophene rings is 1. The number of nitrogens with one attached hydrogen (secondary N) is 1. The number of anilines is 1. The number of ether oxygens (including phenoxy) is 1. The van der Waals surface area contributed by atoms with Crippen LogP contribution < -0.4 is 10.7 Å². The molecule has 3 rings (SSSR count). The molecule has 0 atom stereocenters. The SMILES string of the molecule is CCOC(=O)CSc1nc(N)c2c3c(sc2[nH+]1)CCCC3. The van der Waals surface area contributed by atoms with Crippen molar-refractivity contribution in [3.05, 3.63) is 10.4 Å². The molecule has 0 aromatic carbocycles. The van der Waals surface area contributed by atoms with Crippen molar-refractivity contribution in [1.29, 1.82) is 0 Å². The van der Waals surface area contributed by atoms with Gasteiger partial charge in [0.1, 0.15) is 11.1 Å². The van der Waals surface area contributed by atoms with Gasteiger partial charge in [0.2, 0.25) is 0 Å². The van der Waals surface area contributed by atoms with Crippen LogP contribution in [0.5, 0.6) is 0 Å². The van der Waals surface area contributed by atoms with Gasteiger partial charge in [0.15, 0.2) is 4.83 Å². The maximum atomic E-state index is 11.4. The zero-order valence-corrected chi connectivity index (χ0v) is 13.5. The highest BCUT2D eigenvalue weighted by Gasteiger charge is 2.24. The van der Waals surface area contributed by atoms with Crippen molar-refractivity contribution in [2.45, 2.75) is 37.8 Å². The summed E-state index contributed by atoms with van der Waals surface area (Å²) < 4.78 is 4.92. The highest BCUT2D eigenvalue weighted by Crippen LogP contribution is 2.37. The van der Waals surface area contributed by atoms with E-state index in [0.29, 0.717) is 17.6 Å². The number of hydrogen-bond acceptors (Lipinski definition) is 6. The Morgan fingerprint density at radius 2 is 2.29 bits per heavy atom. The van der Waals surface area contributed by atoms with Crippen molar-refractivity contribution >= 4 is 45.1 Å². The van der Waals surface area contributed by atoms with E-state index in [-0.39, 0.29) is 11.7 Å². The normalized spacial score (nSPS) is 14.1. The minimum absolute atomic E-state index is 0.234. The molecule has 2 aromatic heterocycles. The number of carbonyl (C=O) groups excluding carboxylic acids is 1. The van der Waals surface area contributed by atoms with Crippen LogP contribution in [0.25, 0.3) is 10.2 Å². The van der Waals surface area contributed by atoms with E-state index < -0.39 is 0 Å². The first-order valence-corrected chi connectivity index (χ1v) is 8.90. The third kappa shape index (κ3) is 2.98. The molecule has 0 spiro atoms. The Morgan fingerprint density at radius 3 is 3.10 bits per heavy atom. The monoisotopic (exact) mass is 324 g/mol. The number of nitrogen functional groups attached to an aromatic ring is 1. The number of nitrogens with zero attached hydrogens (tertiary/aromatic N) is 1. The number of aryl methyl sites for hydroxylation is 2. The molecule has 3 N–H and O–H groups in total. The van der Waals surface area contributed by atoms with Gasteiger partial charge in [-0.3, -0.25) is 4.79 Å². The van der Waals surface area contributed by atoms with Gasteiger partial charge in [0.25, 0.3) is 5.82 Å². The lowest BCUT2D eigenvalue weighted by molar-refractivity contribution is -0.399. The van der Waals surface area contributed by atoms with E-state index in [1.165, 1.54) is 35.0 Å². The van der Waals surface area contributed by atoms with Gasteiger partial charge in [-0.05, 0) is 54.9 Å². The van der Waals surface area contributed by atoms with Gasteiger partial charge in [0.05, 0.1) is 6.61 Å². The second-order valence-electron chi connectivity index (χ2n) is 4.94. The maximum absolute atomic E-state index is 11.4. The minimum Gasteiger partial charge on any atom is -0.465 e. The fraction of sp³-hybridized carbons (Fsp3) is 0.500. The van der Waals surface area contributed by atoms with Crippen molar-refractivity contribution < 1.29 is 14.5 Å². The van der Waals surface area contributed by atoms with Crippen molar-refractivity contribution in [3.8, 4) is 0 Å². The second kappa shape index (κ2) is 6.19. The first-order chi connectivity index (χ1) is 10.2. The molecule has 2 heterocycles. The lowest BCUT2D eigenvalue weighted by Crippen LogP contribution is -2.14. The van der Waals surface area contributed by atoms with Gasteiger partial charge in [-0.1, -0.05) is 11.3 Å². The number of hydrogen-bond donors (Lipinski definition) is 1. The molecule has 0 saturated carbocycles. The van der Waals surface area contributed by atoms with Crippen LogP contribution in [0.1, 0.15) is 30.2 Å². The summed E-state index contributed by atoms with van der Waals surface area (Å²) >= 11 is 3.10. The maximum Gasteiger partial charge on any atom is 0.361 e. The third-order valence-corrected chi connectivity index (χ3v) is 5.56. The molecule has 0 amide bonds. The first kappa shape index (κ1) is 14.6. The number of thioether (sulfide) groups is 1. The number of nitrogens with two attached hydrogens (primary N) is 1. The van der Waals surface area contributed by atoms with Crippen LogP contribution in [-0.2, 0) is 22.4 Å². The highest BCUT2D eigenvalue weighted by molar-refractivity contribution is 7.99. The molecular formula is C14H18N3O2S2+. The van der Waals surface area contributed by atoms with E-state index in [4.69, 9.17) is 10.5 Å². The Hall–Kier alpha value is -1.34. The van der Waals surface area contributed by atoms with E-state index in [1.807, 2.05) is 0 Å². The zero-order valence-electron chi connectivity index (χ0n) is 11.9. The van der Waals surface area contributed by atoms with Crippen molar-refractivity contribution in [3.63, 3.8) is 0 Å². The van der Waals surface area contributed by atoms with Gasteiger partial charge in [-0.25, -0.2) is 4.98 Å². The van der Waals surface area contributed by atoms with Crippen LogP contribution in [0.3, 0.4) is 0 Å². The molecule has 5 nitrogen and oxygen atoms in total. The van der Waals surface area contributed by atoms with Crippen molar-refractivity contribution in [2.75, 3.05) is 18.1 Å². The number of carbonyl (C=O) groups is 1. The lowest BCUT2D eigenvalue weighted by atomic mass is 9.97. The number of fused-ring (bicyclic) bond motifs is 3. The minimum atomic E-state index is -0.234. The highest BCUT2D eigenvalue weighted by atomic mass is 32.2. The Labute approximate surface area is 131 Å². The predicted molar refractivity (Wildman–Crippen MR) is 84.6 cm³/mol. The molecule has 0 aliphatic heterocycles. The van der Waals surface area contributed by atoms with E-state index >= 15 is 0 Å². The fourth-order valence-corrected chi connectivity index (χ4v) is 4.65. The van der Waals surface area contributed by atoms with Crippen LogP contribution in [0.15, 0.2) is 5.16 Å². The van der Waals surface area contributed by atoms with Gasteiger partial charge >= 0.3 is 11.1 Å². The molecule has 0 radical (unpaired) electrons. The topological polar surface area (TPSA) is 79.3 Å². The number of esters is 1. The summed E-state index contributed by atoms with van der Waals surface area (Å²) in [5.74, 6) is 0.573. The second-order valence-corrected chi connectivity index (χ2v) is 7.01. The Bertz CT molecular complexity index is 684. The number of aromatic nitrogens is 2. The Morgan fingerprint density at radius 1 is 1.48 bits per heavy atom. The lowest BCUT2D eigenvalue weighted by Gasteiger charge is -2.09. The first-order valence-electron chi connectivity index (χ1n) is 7.10. The molecule has 0 bridgehead atoms. The Balaban J connectivity index is 1.87. The number of H-pyrrole nitrogens is 1. The van der Waals surface area contributed by atoms with Gasteiger partial charge < -0.3 is 10.5 Å². The number of rotatable bonds is 4. The molecule has 0 fully saturated rings. The fourth-order valence-electron chi connectivity index (χ4n) is 2.61. The van der Waals surface area contributed by atoms with Crippen LogP contribution in [0.4, 0.5) is 5.82 Å². The van der Waals surface area contributed by atoms with Crippen molar-refractivity contribution in [2.24, 2.45) is 0 Å². The summed E-state index contributed by atoms with van der Waals surface area (Å²) in [4.78, 5) is 21.6. The van der Waals surface area contributed by atoms with Crippen LogP contribution >= 0.6 is 23.1 Å². The van der Waals surface area contributed by atoms with E-state index in [1.54, 1.807) is 18.3 Å². The molecular weight excluding hydrogens is 306 g/mol. The summed E-state index contributed by atoms with van der Waals surface area (Å²) in [5.41, 5.74) is 7.50. The zero-order chi connectivity index (χ0) is 14.8. The smallest absolute Gasteiger partial charge is 0.361 e. The standard InChI is InChI=1S/C14H17N3O2S2/c1-2-19-10(18)7-20-14-16-12(15)11-8-5-3-4-6-9(8)21-13(11)17-14/h2-7H2,1H3,(H2,15,16,17)/p+1. The molecule has 112 valence electrons. The van der Waals surface area contributed by atoms with E-state index in [2.05, 4.69) is 9.97 Å². The summed E-state index contributed by atoms with van der Waals surface area (Å²) in [7, 11) is 0. The summed E-state index contributed by atoms with van der Waals surface area (Å²) in [5, 5.41) is 1.75. The van der Waals surface area contributed by atoms with Gasteiger partial charge in [-0.15, -0.1) is 0 Å². The predicted octanol–water partition coefficient (Wildman–Crippen LogP) is 2.23. The van der Waals surface area contributed by atoms with E-state index in [0.717, 1.165) is 23.1 Å². The molecule has 1 aliphatic carbocycles. The van der Waals surface area contributed by atoms with Crippen LogP contribution in [0.2, 0.25) is 0 Å². The van der Waals surface area contributed by atoms with Crippen LogP contribution in [-0.4, -0.2) is 23.3 Å². The average molecular weight is 324 g/mol. The molecule has 0 saturated heterocycles. The van der Waals surface area contributed by atoms with Gasteiger partial charge in [0, 0.05) is 4.88 Å². The van der Waals surface area contributed by atoms with Gasteiger partial charge in [-0.2, -0.15) is 0 Å². The summed E-state index contributed by atoms with van der Waals surface area (Å²) in [6.07, 6.45) is 4.69.